The Morgan fingerprint density at radius 2 is 1.44 bits per heavy atom. The summed E-state index contributed by atoms with van der Waals surface area (Å²) in [6, 6.07) is 25.6. The van der Waals surface area contributed by atoms with E-state index in [-0.39, 0.29) is 11.2 Å². The molecular weight excluding hydrogens is 513 g/mol. The third kappa shape index (κ3) is 5.65. The van der Waals surface area contributed by atoms with Crippen LogP contribution < -0.4 is 10.6 Å². The molecule has 0 unspecified atom stereocenters. The summed E-state index contributed by atoms with van der Waals surface area (Å²) in [6.45, 7) is 11.4. The van der Waals surface area contributed by atoms with Crippen LogP contribution in [0.2, 0.25) is 0 Å². The van der Waals surface area contributed by atoms with Gasteiger partial charge >= 0.3 is 0 Å². The molecule has 5 aromatic rings. The first-order chi connectivity index (χ1) is 19.8. The molecule has 0 saturated carbocycles. The molecule has 0 spiro atoms. The van der Waals surface area contributed by atoms with E-state index in [0.717, 1.165) is 38.3 Å². The molecule has 1 aliphatic rings. The normalized spacial score (nSPS) is 14.6. The third-order valence-corrected chi connectivity index (χ3v) is 7.81. The maximum absolute atomic E-state index is 15.1. The van der Waals surface area contributed by atoms with E-state index in [4.69, 9.17) is 20.8 Å². The van der Waals surface area contributed by atoms with Crippen LogP contribution >= 0.6 is 0 Å². The average Bonchev–Trinajstić information content (AvgIpc) is 3.28. The monoisotopic (exact) mass is 549 g/mol. The Kier molecular flexibility index (Phi) is 7.17. The van der Waals surface area contributed by atoms with E-state index in [1.165, 1.54) is 17.2 Å². The fourth-order valence-corrected chi connectivity index (χ4v) is 5.38. The van der Waals surface area contributed by atoms with Crippen LogP contribution in [0.1, 0.15) is 37.5 Å². The van der Waals surface area contributed by atoms with Crippen LogP contribution in [0.25, 0.3) is 22.3 Å². The van der Waals surface area contributed by atoms with Gasteiger partial charge in [-0.25, -0.2) is 14.1 Å². The average molecular weight is 550 g/mol. The summed E-state index contributed by atoms with van der Waals surface area (Å²) in [5.41, 5.74) is 11.8. The lowest BCUT2D eigenvalue weighted by Crippen LogP contribution is -2.46. The fourth-order valence-electron chi connectivity index (χ4n) is 5.38. The zero-order chi connectivity index (χ0) is 28.6. The number of rotatable bonds is 6. The van der Waals surface area contributed by atoms with Crippen LogP contribution in [0.5, 0.6) is 0 Å². The van der Waals surface area contributed by atoms with Gasteiger partial charge in [0.1, 0.15) is 11.6 Å². The molecule has 8 heteroatoms. The van der Waals surface area contributed by atoms with Crippen molar-refractivity contribution < 1.29 is 4.39 Å². The van der Waals surface area contributed by atoms with Gasteiger partial charge in [-0.3, -0.25) is 4.90 Å². The van der Waals surface area contributed by atoms with Crippen LogP contribution in [-0.4, -0.2) is 50.8 Å². The van der Waals surface area contributed by atoms with Gasteiger partial charge in [-0.1, -0.05) is 87.5 Å². The van der Waals surface area contributed by atoms with E-state index in [9.17, 15) is 0 Å². The van der Waals surface area contributed by atoms with Crippen molar-refractivity contribution in [3.8, 4) is 11.3 Å². The molecule has 0 atom stereocenters. The Bertz CT molecular complexity index is 1650. The van der Waals surface area contributed by atoms with Crippen molar-refractivity contribution in [3.63, 3.8) is 0 Å². The lowest BCUT2D eigenvalue weighted by molar-refractivity contribution is 0.248. The second-order valence-electron chi connectivity index (χ2n) is 11.8. The number of benzene rings is 3. The summed E-state index contributed by atoms with van der Waals surface area (Å²) in [5.74, 6) is 0.626. The lowest BCUT2D eigenvalue weighted by Gasteiger charge is -2.35. The molecule has 3 heterocycles. The second-order valence-corrected chi connectivity index (χ2v) is 11.8. The highest BCUT2D eigenvalue weighted by atomic mass is 19.1. The maximum Gasteiger partial charge on any atom is 0.228 e. The predicted octanol–water partition coefficient (Wildman–Crippen LogP) is 5.88. The van der Waals surface area contributed by atoms with Crippen LogP contribution in [-0.2, 0) is 18.5 Å². The van der Waals surface area contributed by atoms with Crippen molar-refractivity contribution in [2.45, 2.75) is 39.3 Å². The minimum absolute atomic E-state index is 0.148. The number of halogens is 1. The van der Waals surface area contributed by atoms with Gasteiger partial charge in [0.05, 0.1) is 17.6 Å². The van der Waals surface area contributed by atoms with Gasteiger partial charge in [0.25, 0.3) is 0 Å². The van der Waals surface area contributed by atoms with Crippen LogP contribution in [0.4, 0.5) is 16.2 Å². The van der Waals surface area contributed by atoms with Crippen molar-refractivity contribution in [3.05, 3.63) is 101 Å². The zero-order valence-electron chi connectivity index (χ0n) is 23.9. The minimum atomic E-state index is -0.351. The molecule has 2 N–H and O–H groups in total. The van der Waals surface area contributed by atoms with Gasteiger partial charge in [-0.05, 0) is 34.2 Å². The van der Waals surface area contributed by atoms with E-state index in [1.54, 1.807) is 16.8 Å². The maximum atomic E-state index is 15.1. The van der Waals surface area contributed by atoms with Gasteiger partial charge < -0.3 is 10.6 Å². The van der Waals surface area contributed by atoms with E-state index in [1.807, 2.05) is 36.4 Å². The number of piperazine rings is 1. The summed E-state index contributed by atoms with van der Waals surface area (Å²) in [6.07, 6.45) is 0. The lowest BCUT2D eigenvalue weighted by atomic mass is 9.87. The number of aromatic nitrogens is 4. The van der Waals surface area contributed by atoms with Gasteiger partial charge in [-0.15, -0.1) is 5.10 Å². The smallest absolute Gasteiger partial charge is 0.228 e. The van der Waals surface area contributed by atoms with Crippen molar-refractivity contribution in [1.82, 2.24) is 24.6 Å². The summed E-state index contributed by atoms with van der Waals surface area (Å²) in [7, 11) is 0. The Labute approximate surface area is 240 Å². The van der Waals surface area contributed by atoms with Crippen LogP contribution in [0, 0.1) is 5.82 Å². The molecule has 41 heavy (non-hydrogen) atoms. The zero-order valence-corrected chi connectivity index (χ0v) is 23.9. The number of hydrogen-bond donors (Lipinski definition) is 1. The second kappa shape index (κ2) is 10.9. The predicted molar refractivity (Wildman–Crippen MR) is 163 cm³/mol. The molecule has 7 nitrogen and oxygen atoms in total. The number of fused-ring (bicyclic) bond motifs is 1. The van der Waals surface area contributed by atoms with E-state index >= 15 is 4.39 Å². The molecule has 2 aromatic heterocycles. The molecule has 0 aliphatic carbocycles. The molecule has 210 valence electrons. The summed E-state index contributed by atoms with van der Waals surface area (Å²) in [5, 5.41) is 5.33. The largest absolute Gasteiger partial charge is 0.383 e. The van der Waals surface area contributed by atoms with E-state index < -0.39 is 0 Å². The van der Waals surface area contributed by atoms with Gasteiger partial charge in [-0.2, -0.15) is 4.98 Å². The highest BCUT2D eigenvalue weighted by Crippen LogP contribution is 2.34. The van der Waals surface area contributed by atoms with Crippen LogP contribution in [0.3, 0.4) is 0 Å². The van der Waals surface area contributed by atoms with Gasteiger partial charge in [0, 0.05) is 38.3 Å². The third-order valence-electron chi connectivity index (χ3n) is 7.81. The first kappa shape index (κ1) is 26.9. The van der Waals surface area contributed by atoms with Gasteiger partial charge in [0.15, 0.2) is 5.65 Å². The fraction of sp³-hybridized carbons (Fsp3) is 0.303. The van der Waals surface area contributed by atoms with Crippen molar-refractivity contribution in [1.29, 1.82) is 0 Å². The number of nitrogen functional groups attached to an aromatic ring is 1. The standard InChI is InChI=1S/C33H36FN7/c1-33(2,3)25-15-13-24(14-16-25)21-39-17-19-40(20-18-39)32-36-29(26-11-7-8-12-27(26)34)28-30(35)41(38-31(28)37-32)22-23-9-5-4-6-10-23/h4-16H,17-22,35H2,1-3H3. The molecule has 1 saturated heterocycles. The van der Waals surface area contributed by atoms with Crippen molar-refractivity contribution >= 4 is 22.8 Å². The molecule has 6 rings (SSSR count). The van der Waals surface area contributed by atoms with Gasteiger partial charge in [0.2, 0.25) is 5.95 Å². The molecule has 0 bridgehead atoms. The molecule has 0 amide bonds. The van der Waals surface area contributed by atoms with Crippen LogP contribution in [0.15, 0.2) is 78.9 Å². The number of anilines is 2. The highest BCUT2D eigenvalue weighted by molar-refractivity contribution is 5.99. The molecule has 0 radical (unpaired) electrons. The van der Waals surface area contributed by atoms with E-state index in [2.05, 4.69) is 54.8 Å². The molecule has 1 aliphatic heterocycles. The number of nitrogens with zero attached hydrogens (tertiary/aromatic N) is 6. The summed E-state index contributed by atoms with van der Waals surface area (Å²) in [4.78, 5) is 14.4. The quantitative estimate of drug-likeness (QED) is 0.285. The summed E-state index contributed by atoms with van der Waals surface area (Å²) >= 11 is 0. The Morgan fingerprint density at radius 1 is 0.780 bits per heavy atom. The summed E-state index contributed by atoms with van der Waals surface area (Å²) < 4.78 is 16.8. The van der Waals surface area contributed by atoms with E-state index in [0.29, 0.717) is 40.6 Å². The molecule has 1 fully saturated rings. The Morgan fingerprint density at radius 3 is 2.12 bits per heavy atom. The minimum Gasteiger partial charge on any atom is -0.383 e. The molecule has 3 aromatic carbocycles. The highest BCUT2D eigenvalue weighted by Gasteiger charge is 2.25. The topological polar surface area (TPSA) is 76.1 Å². The first-order valence-corrected chi connectivity index (χ1v) is 14.2. The number of nitrogens with two attached hydrogens (primary N) is 1. The number of hydrogen-bond acceptors (Lipinski definition) is 6. The molecular formula is C33H36FN7. The first-order valence-electron chi connectivity index (χ1n) is 14.2. The Balaban J connectivity index is 1.27. The Hall–Kier alpha value is -4.30. The SMILES string of the molecule is CC(C)(C)c1ccc(CN2CCN(c3nc(-c4ccccc4F)c4c(N)n(Cc5ccccc5)nc4n3)CC2)cc1. The van der Waals surface area contributed by atoms with Crippen molar-refractivity contribution in [2.75, 3.05) is 36.8 Å². The van der Waals surface area contributed by atoms with Crippen molar-refractivity contribution in [2.24, 2.45) is 0 Å².